The molecule has 11 heavy (non-hydrogen) atoms. The quantitative estimate of drug-likeness (QED) is 0.528. The average Bonchev–Trinajstić information content (AvgIpc) is 2.33. The molecule has 0 fully saturated rings. The van der Waals surface area contributed by atoms with Gasteiger partial charge in [-0.3, -0.25) is 0 Å². The van der Waals surface area contributed by atoms with Crippen molar-refractivity contribution in [2.24, 2.45) is 11.8 Å². The van der Waals surface area contributed by atoms with E-state index in [1.54, 1.807) is 10.9 Å². The maximum Gasteiger partial charge on any atom is 0.182 e. The second-order valence-corrected chi connectivity index (χ2v) is 3.97. The SMILES string of the molecule is CC(C)C1=CC=C(C(C)C)B1. The Hall–Kier alpha value is -0.455. The first-order valence-electron chi connectivity index (χ1n) is 4.50. The summed E-state index contributed by atoms with van der Waals surface area (Å²) in [7, 11) is 1.22. The summed E-state index contributed by atoms with van der Waals surface area (Å²) in [6.07, 6.45) is 4.58. The molecule has 0 aromatic rings. The summed E-state index contributed by atoms with van der Waals surface area (Å²) in [5.74, 6) is 1.45. The fraction of sp³-hybridized carbons (Fsp3) is 0.600. The zero-order valence-electron chi connectivity index (χ0n) is 8.02. The van der Waals surface area contributed by atoms with Crippen LogP contribution in [0, 0.1) is 11.8 Å². The first-order valence-corrected chi connectivity index (χ1v) is 4.50. The lowest BCUT2D eigenvalue weighted by Crippen LogP contribution is -2.06. The molecule has 0 unspecified atom stereocenters. The Morgan fingerprint density at radius 1 is 0.909 bits per heavy atom. The van der Waals surface area contributed by atoms with Crippen LogP contribution in [0.15, 0.2) is 23.1 Å². The van der Waals surface area contributed by atoms with Gasteiger partial charge in [-0.15, -0.1) is 0 Å². The lowest BCUT2D eigenvalue weighted by molar-refractivity contribution is 0.800. The molecular weight excluding hydrogens is 131 g/mol. The molecule has 1 heteroatoms. The van der Waals surface area contributed by atoms with Crippen molar-refractivity contribution in [1.82, 2.24) is 0 Å². The van der Waals surface area contributed by atoms with E-state index in [1.807, 2.05) is 0 Å². The van der Waals surface area contributed by atoms with Gasteiger partial charge in [0.05, 0.1) is 0 Å². The van der Waals surface area contributed by atoms with Crippen LogP contribution in [0.5, 0.6) is 0 Å². The first kappa shape index (κ1) is 8.64. The molecule has 0 spiro atoms. The van der Waals surface area contributed by atoms with E-state index in [4.69, 9.17) is 0 Å². The largest absolute Gasteiger partial charge is 0.182 e. The van der Waals surface area contributed by atoms with Gasteiger partial charge in [0.2, 0.25) is 0 Å². The maximum absolute atomic E-state index is 2.29. The molecule has 0 aliphatic carbocycles. The van der Waals surface area contributed by atoms with Gasteiger partial charge in [-0.05, 0) is 11.8 Å². The molecule has 0 amide bonds. The third-order valence-electron chi connectivity index (χ3n) is 2.40. The molecule has 0 radical (unpaired) electrons. The van der Waals surface area contributed by atoms with Gasteiger partial charge in [0.25, 0.3) is 0 Å². The summed E-state index contributed by atoms with van der Waals surface area (Å²) >= 11 is 0. The lowest BCUT2D eigenvalue weighted by atomic mass is 9.59. The van der Waals surface area contributed by atoms with Gasteiger partial charge in [-0.2, -0.15) is 0 Å². The highest BCUT2D eigenvalue weighted by Crippen LogP contribution is 2.22. The molecule has 60 valence electrons. The summed E-state index contributed by atoms with van der Waals surface area (Å²) < 4.78 is 0. The monoisotopic (exact) mass is 148 g/mol. The molecule has 0 saturated heterocycles. The molecule has 0 nitrogen and oxygen atoms in total. The van der Waals surface area contributed by atoms with E-state index in [-0.39, 0.29) is 0 Å². The van der Waals surface area contributed by atoms with Gasteiger partial charge >= 0.3 is 0 Å². The van der Waals surface area contributed by atoms with Crippen LogP contribution in [0.25, 0.3) is 0 Å². The highest BCUT2D eigenvalue weighted by molar-refractivity contribution is 6.55. The molecule has 0 N–H and O–H groups in total. The van der Waals surface area contributed by atoms with Gasteiger partial charge in [-0.25, -0.2) is 0 Å². The molecule has 0 aromatic carbocycles. The van der Waals surface area contributed by atoms with E-state index in [0.717, 1.165) is 11.8 Å². The van der Waals surface area contributed by atoms with Gasteiger partial charge < -0.3 is 0 Å². The van der Waals surface area contributed by atoms with Crippen LogP contribution in [0.4, 0.5) is 0 Å². The van der Waals surface area contributed by atoms with Crippen molar-refractivity contribution in [3.63, 3.8) is 0 Å². The maximum atomic E-state index is 2.29. The Labute approximate surface area is 70.6 Å². The zero-order valence-corrected chi connectivity index (χ0v) is 8.02. The molecule has 0 atom stereocenters. The van der Waals surface area contributed by atoms with E-state index in [1.165, 1.54) is 7.28 Å². The number of hydrogen-bond donors (Lipinski definition) is 0. The number of rotatable bonds is 2. The standard InChI is InChI=1S/C10H17B/c1-7(2)9-5-6-10(11-9)8(3)4/h5-8,11H,1-4H3. The lowest BCUT2D eigenvalue weighted by Gasteiger charge is -2.08. The van der Waals surface area contributed by atoms with Crippen molar-refractivity contribution in [3.8, 4) is 0 Å². The van der Waals surface area contributed by atoms with E-state index in [0.29, 0.717) is 0 Å². The summed E-state index contributed by atoms with van der Waals surface area (Å²) in [6, 6.07) is 0. The Bertz CT molecular complexity index is 175. The van der Waals surface area contributed by atoms with E-state index in [2.05, 4.69) is 39.8 Å². The molecule has 0 aromatic heterocycles. The highest BCUT2D eigenvalue weighted by atomic mass is 14.1. The van der Waals surface area contributed by atoms with Crippen molar-refractivity contribution in [2.45, 2.75) is 27.7 Å². The van der Waals surface area contributed by atoms with E-state index in [9.17, 15) is 0 Å². The van der Waals surface area contributed by atoms with Crippen LogP contribution >= 0.6 is 0 Å². The van der Waals surface area contributed by atoms with Crippen LogP contribution in [0.2, 0.25) is 0 Å². The van der Waals surface area contributed by atoms with Gasteiger partial charge in [0.15, 0.2) is 7.28 Å². The zero-order chi connectivity index (χ0) is 8.43. The summed E-state index contributed by atoms with van der Waals surface area (Å²) in [5, 5.41) is 0. The third-order valence-corrected chi connectivity index (χ3v) is 2.40. The Kier molecular flexibility index (Phi) is 2.59. The van der Waals surface area contributed by atoms with Crippen molar-refractivity contribution in [2.75, 3.05) is 0 Å². The molecule has 1 rings (SSSR count). The van der Waals surface area contributed by atoms with Crippen LogP contribution < -0.4 is 0 Å². The van der Waals surface area contributed by atoms with Crippen molar-refractivity contribution in [3.05, 3.63) is 23.1 Å². The third kappa shape index (κ3) is 1.98. The van der Waals surface area contributed by atoms with Crippen molar-refractivity contribution in [1.29, 1.82) is 0 Å². The van der Waals surface area contributed by atoms with Gasteiger partial charge in [0, 0.05) is 0 Å². The minimum absolute atomic E-state index is 0.725. The van der Waals surface area contributed by atoms with Crippen LogP contribution in [0.3, 0.4) is 0 Å². The second kappa shape index (κ2) is 3.29. The van der Waals surface area contributed by atoms with Crippen LogP contribution in [-0.2, 0) is 0 Å². The molecule has 1 aliphatic heterocycles. The Morgan fingerprint density at radius 3 is 1.45 bits per heavy atom. The minimum Gasteiger partial charge on any atom is -0.0976 e. The van der Waals surface area contributed by atoms with Crippen LogP contribution in [0.1, 0.15) is 27.7 Å². The summed E-state index contributed by atoms with van der Waals surface area (Å²) in [5.41, 5.74) is 3.18. The number of hydrogen-bond acceptors (Lipinski definition) is 0. The van der Waals surface area contributed by atoms with Gasteiger partial charge in [0.1, 0.15) is 0 Å². The average molecular weight is 148 g/mol. The molecule has 0 bridgehead atoms. The Balaban J connectivity index is 2.52. The molecule has 1 heterocycles. The van der Waals surface area contributed by atoms with E-state index < -0.39 is 0 Å². The number of allylic oxidation sites excluding steroid dienone is 4. The molecule has 0 saturated carbocycles. The molecular formula is C10H17B. The normalized spacial score (nSPS) is 16.9. The predicted octanol–water partition coefficient (Wildman–Crippen LogP) is 2.52. The van der Waals surface area contributed by atoms with Gasteiger partial charge in [-0.1, -0.05) is 50.8 Å². The second-order valence-electron chi connectivity index (χ2n) is 3.97. The minimum atomic E-state index is 0.725. The summed E-state index contributed by atoms with van der Waals surface area (Å²) in [6.45, 7) is 9.07. The first-order chi connectivity index (χ1) is 5.11. The van der Waals surface area contributed by atoms with Crippen LogP contribution in [-0.4, -0.2) is 7.28 Å². The summed E-state index contributed by atoms with van der Waals surface area (Å²) in [4.78, 5) is 0. The fourth-order valence-corrected chi connectivity index (χ4v) is 1.36. The fourth-order valence-electron chi connectivity index (χ4n) is 1.36. The Morgan fingerprint density at radius 2 is 1.27 bits per heavy atom. The predicted molar refractivity (Wildman–Crippen MR) is 53.0 cm³/mol. The molecule has 1 aliphatic rings. The van der Waals surface area contributed by atoms with Crippen molar-refractivity contribution < 1.29 is 0 Å². The topological polar surface area (TPSA) is 0 Å². The van der Waals surface area contributed by atoms with E-state index >= 15 is 0 Å². The van der Waals surface area contributed by atoms with Crippen molar-refractivity contribution >= 4 is 7.28 Å². The smallest absolute Gasteiger partial charge is 0.0976 e. The highest BCUT2D eigenvalue weighted by Gasteiger charge is 2.14.